The van der Waals surface area contributed by atoms with Crippen molar-refractivity contribution in [1.29, 1.82) is 0 Å². The largest absolute Gasteiger partial charge is 0.275 e. The quantitative estimate of drug-likeness (QED) is 0.667. The first-order valence-corrected chi connectivity index (χ1v) is 10.8. The van der Waals surface area contributed by atoms with E-state index in [0.29, 0.717) is 15.8 Å². The number of fused-ring (bicyclic) bond motifs is 1. The maximum absolute atomic E-state index is 13.3. The molecular formula is C17H18ClN3O2S2. The number of thiophene rings is 1. The van der Waals surface area contributed by atoms with Crippen LogP contribution in [0.4, 0.5) is 0 Å². The second-order valence-corrected chi connectivity index (χ2v) is 9.96. The molecule has 4 rings (SSSR count). The summed E-state index contributed by atoms with van der Waals surface area (Å²) in [7, 11) is -1.70. The predicted octanol–water partition coefficient (Wildman–Crippen LogP) is 4.20. The second kappa shape index (κ2) is 6.39. The smallest absolute Gasteiger partial charge is 0.253 e. The van der Waals surface area contributed by atoms with E-state index in [1.54, 1.807) is 33.4 Å². The van der Waals surface area contributed by atoms with Gasteiger partial charge in [0, 0.05) is 35.1 Å². The highest BCUT2D eigenvalue weighted by molar-refractivity contribution is 7.91. The Hall–Kier alpha value is -1.41. The number of hydrogen-bond donors (Lipinski definition) is 0. The maximum Gasteiger partial charge on any atom is 0.253 e. The van der Waals surface area contributed by atoms with Gasteiger partial charge in [-0.3, -0.25) is 4.68 Å². The molecule has 0 aliphatic carbocycles. The van der Waals surface area contributed by atoms with E-state index in [4.69, 9.17) is 11.6 Å². The molecule has 1 aromatic carbocycles. The first-order chi connectivity index (χ1) is 11.9. The molecule has 2 aromatic heterocycles. The molecule has 1 saturated heterocycles. The van der Waals surface area contributed by atoms with Gasteiger partial charge in [0.15, 0.2) is 0 Å². The van der Waals surface area contributed by atoms with E-state index in [-0.39, 0.29) is 6.04 Å². The number of halogens is 1. The lowest BCUT2D eigenvalue weighted by Crippen LogP contribution is -2.38. The minimum Gasteiger partial charge on any atom is -0.275 e. The van der Waals surface area contributed by atoms with Gasteiger partial charge in [0.1, 0.15) is 4.21 Å². The molecule has 0 saturated carbocycles. The molecule has 132 valence electrons. The number of benzene rings is 1. The van der Waals surface area contributed by atoms with E-state index >= 15 is 0 Å². The summed E-state index contributed by atoms with van der Waals surface area (Å²) in [6, 6.07) is 7.05. The molecule has 5 nitrogen and oxygen atoms in total. The summed E-state index contributed by atoms with van der Waals surface area (Å²) in [5.41, 5.74) is 0.954. The van der Waals surface area contributed by atoms with E-state index < -0.39 is 10.0 Å². The monoisotopic (exact) mass is 395 g/mol. The van der Waals surface area contributed by atoms with Crippen molar-refractivity contribution in [3.63, 3.8) is 0 Å². The van der Waals surface area contributed by atoms with E-state index in [2.05, 4.69) is 5.10 Å². The van der Waals surface area contributed by atoms with Crippen molar-refractivity contribution in [2.75, 3.05) is 6.54 Å². The molecule has 8 heteroatoms. The van der Waals surface area contributed by atoms with Crippen LogP contribution in [0.3, 0.4) is 0 Å². The third-order valence-corrected chi connectivity index (χ3v) is 8.29. The number of piperidine rings is 1. The molecule has 25 heavy (non-hydrogen) atoms. The standard InChI is InChI=1S/C17H18ClN3O2S2/c1-20-11-13(10-19-20)15-4-2-3-7-21(15)25(22,23)17-9-12-8-14(18)5-6-16(12)24-17/h5-6,8-11,15H,2-4,7H2,1H3. The van der Waals surface area contributed by atoms with Gasteiger partial charge in [-0.05, 0) is 42.5 Å². The first-order valence-electron chi connectivity index (χ1n) is 8.14. The number of sulfonamides is 1. The van der Waals surface area contributed by atoms with E-state index in [1.807, 2.05) is 19.3 Å². The molecule has 1 fully saturated rings. The number of aromatic nitrogens is 2. The highest BCUT2D eigenvalue weighted by Gasteiger charge is 2.36. The van der Waals surface area contributed by atoms with Crippen molar-refractivity contribution in [1.82, 2.24) is 14.1 Å². The Kier molecular flexibility index (Phi) is 4.35. The van der Waals surface area contributed by atoms with Crippen molar-refractivity contribution in [3.05, 3.63) is 47.2 Å². The first kappa shape index (κ1) is 17.0. The van der Waals surface area contributed by atoms with Gasteiger partial charge in [-0.1, -0.05) is 18.0 Å². The van der Waals surface area contributed by atoms with E-state index in [9.17, 15) is 8.42 Å². The maximum atomic E-state index is 13.3. The topological polar surface area (TPSA) is 55.2 Å². The lowest BCUT2D eigenvalue weighted by atomic mass is 10.0. The fourth-order valence-corrected chi connectivity index (χ4v) is 6.74. The molecule has 0 amide bonds. The highest BCUT2D eigenvalue weighted by atomic mass is 35.5. The Morgan fingerprint density at radius 2 is 2.12 bits per heavy atom. The van der Waals surface area contributed by atoms with Crippen LogP contribution in [0.25, 0.3) is 10.1 Å². The predicted molar refractivity (Wildman–Crippen MR) is 101 cm³/mol. The summed E-state index contributed by atoms with van der Waals surface area (Å²) >= 11 is 7.33. The molecule has 0 radical (unpaired) electrons. The summed E-state index contributed by atoms with van der Waals surface area (Å²) in [5, 5.41) is 5.69. The Balaban J connectivity index is 1.75. The second-order valence-electron chi connectivity index (χ2n) is 6.32. The average Bonchev–Trinajstić information content (AvgIpc) is 3.21. The number of rotatable bonds is 3. The zero-order valence-corrected chi connectivity index (χ0v) is 16.1. The summed E-state index contributed by atoms with van der Waals surface area (Å²) < 4.78 is 31.3. The molecular weight excluding hydrogens is 378 g/mol. The van der Waals surface area contributed by atoms with Crippen LogP contribution in [-0.2, 0) is 17.1 Å². The van der Waals surface area contributed by atoms with Crippen LogP contribution in [0.2, 0.25) is 5.02 Å². The van der Waals surface area contributed by atoms with Crippen LogP contribution in [-0.4, -0.2) is 29.0 Å². The van der Waals surface area contributed by atoms with Crippen molar-refractivity contribution in [3.8, 4) is 0 Å². The van der Waals surface area contributed by atoms with E-state index in [0.717, 1.165) is 34.9 Å². The lowest BCUT2D eigenvalue weighted by molar-refractivity contribution is 0.256. The van der Waals surface area contributed by atoms with Crippen LogP contribution < -0.4 is 0 Å². The minimum absolute atomic E-state index is 0.152. The number of nitrogens with zero attached hydrogens (tertiary/aromatic N) is 3. The van der Waals surface area contributed by atoms with Gasteiger partial charge in [-0.2, -0.15) is 9.40 Å². The summed E-state index contributed by atoms with van der Waals surface area (Å²) in [6.07, 6.45) is 6.40. The van der Waals surface area contributed by atoms with Crippen LogP contribution in [0.15, 0.2) is 40.9 Å². The average molecular weight is 396 g/mol. The van der Waals surface area contributed by atoms with Crippen LogP contribution >= 0.6 is 22.9 Å². The van der Waals surface area contributed by atoms with Gasteiger partial charge in [-0.25, -0.2) is 8.42 Å². The SMILES string of the molecule is Cn1cc(C2CCCCN2S(=O)(=O)c2cc3cc(Cl)ccc3s2)cn1. The third kappa shape index (κ3) is 3.10. The molecule has 1 aliphatic heterocycles. The van der Waals surface area contributed by atoms with Gasteiger partial charge >= 0.3 is 0 Å². The van der Waals surface area contributed by atoms with Gasteiger partial charge in [0.25, 0.3) is 10.0 Å². The van der Waals surface area contributed by atoms with Gasteiger partial charge < -0.3 is 0 Å². The molecule has 1 atom stereocenters. The van der Waals surface area contributed by atoms with Crippen LogP contribution in [0.5, 0.6) is 0 Å². The normalized spacial score (nSPS) is 19.5. The van der Waals surface area contributed by atoms with Gasteiger partial charge in [0.2, 0.25) is 0 Å². The Morgan fingerprint density at radius 3 is 2.88 bits per heavy atom. The molecule has 0 bridgehead atoms. The van der Waals surface area contributed by atoms with E-state index in [1.165, 1.54) is 11.3 Å². The summed E-state index contributed by atoms with van der Waals surface area (Å²) in [5.74, 6) is 0. The van der Waals surface area contributed by atoms with Crippen molar-refractivity contribution in [2.45, 2.75) is 29.5 Å². The minimum atomic E-state index is -3.55. The highest BCUT2D eigenvalue weighted by Crippen LogP contribution is 2.39. The molecule has 3 heterocycles. The Labute approximate surface area is 155 Å². The zero-order chi connectivity index (χ0) is 17.6. The van der Waals surface area contributed by atoms with Crippen molar-refractivity contribution in [2.24, 2.45) is 7.05 Å². The molecule has 1 aliphatic rings. The summed E-state index contributed by atoms with van der Waals surface area (Å²) in [4.78, 5) is 0. The molecule has 0 N–H and O–H groups in total. The Bertz CT molecular complexity index is 1030. The fraction of sp³-hybridized carbons (Fsp3) is 0.353. The number of hydrogen-bond acceptors (Lipinski definition) is 4. The molecule has 0 spiro atoms. The lowest BCUT2D eigenvalue weighted by Gasteiger charge is -2.33. The summed E-state index contributed by atoms with van der Waals surface area (Å²) in [6.45, 7) is 0.539. The fourth-order valence-electron chi connectivity index (χ4n) is 3.37. The van der Waals surface area contributed by atoms with Gasteiger partial charge in [-0.15, -0.1) is 11.3 Å². The van der Waals surface area contributed by atoms with Gasteiger partial charge in [0.05, 0.1) is 12.2 Å². The van der Waals surface area contributed by atoms with Crippen LogP contribution in [0, 0.1) is 0 Å². The number of aryl methyl sites for hydroxylation is 1. The molecule has 3 aromatic rings. The zero-order valence-electron chi connectivity index (χ0n) is 13.7. The Morgan fingerprint density at radius 1 is 1.28 bits per heavy atom. The van der Waals surface area contributed by atoms with Crippen molar-refractivity contribution >= 4 is 43.0 Å². The third-order valence-electron chi connectivity index (χ3n) is 4.58. The molecule has 1 unspecified atom stereocenters. The van der Waals surface area contributed by atoms with Crippen LogP contribution in [0.1, 0.15) is 30.9 Å². The van der Waals surface area contributed by atoms with Crippen molar-refractivity contribution < 1.29 is 8.42 Å².